The molecule has 0 radical (unpaired) electrons. The molecule has 2 aliphatic heterocycles. The monoisotopic (exact) mass is 473 g/mol. The fraction of sp³-hybridized carbons (Fsp3) is 0.409. The Balaban J connectivity index is 1.42. The smallest absolute Gasteiger partial charge is 0.292 e. The zero-order chi connectivity index (χ0) is 23.6. The third kappa shape index (κ3) is 5.19. The molecule has 2 heterocycles. The largest absolute Gasteiger partial charge is 0.362 e. The van der Waals surface area contributed by atoms with E-state index in [-0.39, 0.29) is 23.1 Å². The predicted molar refractivity (Wildman–Crippen MR) is 127 cm³/mol. The second-order valence-electron chi connectivity index (χ2n) is 8.32. The molecular formula is C22H27N5O5S. The molecular weight excluding hydrogens is 446 g/mol. The summed E-state index contributed by atoms with van der Waals surface area (Å²) in [5.41, 5.74) is 2.99. The van der Waals surface area contributed by atoms with Crippen LogP contribution in [-0.2, 0) is 21.2 Å². The first kappa shape index (κ1) is 22.8. The molecule has 33 heavy (non-hydrogen) atoms. The minimum Gasteiger partial charge on any atom is -0.362 e. The van der Waals surface area contributed by atoms with Crippen LogP contribution in [0.1, 0.15) is 12.0 Å². The number of sulfonamides is 1. The van der Waals surface area contributed by atoms with Gasteiger partial charge in [0.25, 0.3) is 5.69 Å². The van der Waals surface area contributed by atoms with Crippen molar-refractivity contribution in [2.24, 2.45) is 0 Å². The molecule has 2 aromatic carbocycles. The Morgan fingerprint density at radius 1 is 1.03 bits per heavy atom. The maximum atomic E-state index is 13.1. The van der Waals surface area contributed by atoms with Crippen molar-refractivity contribution in [1.29, 1.82) is 0 Å². The standard InChI is InChI=1S/C22H27N5O5S/c1-33(31,32)23-18-7-4-10-19-17(18)6-5-11-26(19)16-22(28)25-14-12-24(13-15-25)20-8-2-3-9-21(20)27(29)30/h2-4,7-10,23H,5-6,11-16H2,1H3. The van der Waals surface area contributed by atoms with Gasteiger partial charge in [0.1, 0.15) is 5.69 Å². The maximum Gasteiger partial charge on any atom is 0.292 e. The molecule has 2 aromatic rings. The molecule has 10 nitrogen and oxygen atoms in total. The van der Waals surface area contributed by atoms with Gasteiger partial charge in [-0.15, -0.1) is 0 Å². The fourth-order valence-corrected chi connectivity index (χ4v) is 5.10. The van der Waals surface area contributed by atoms with Crippen molar-refractivity contribution in [1.82, 2.24) is 4.90 Å². The third-order valence-electron chi connectivity index (χ3n) is 6.02. The number of rotatable bonds is 6. The molecule has 0 unspecified atom stereocenters. The first-order chi connectivity index (χ1) is 15.7. The lowest BCUT2D eigenvalue weighted by molar-refractivity contribution is -0.384. The van der Waals surface area contributed by atoms with Gasteiger partial charge in [-0.25, -0.2) is 8.42 Å². The highest BCUT2D eigenvalue weighted by atomic mass is 32.2. The summed E-state index contributed by atoms with van der Waals surface area (Å²) in [6.45, 7) is 2.95. The van der Waals surface area contributed by atoms with E-state index < -0.39 is 10.0 Å². The van der Waals surface area contributed by atoms with Crippen LogP contribution in [0.25, 0.3) is 0 Å². The summed E-state index contributed by atoms with van der Waals surface area (Å²) in [6, 6.07) is 12.1. The summed E-state index contributed by atoms with van der Waals surface area (Å²) in [4.78, 5) is 29.7. The minimum atomic E-state index is -3.40. The lowest BCUT2D eigenvalue weighted by Crippen LogP contribution is -2.51. The van der Waals surface area contributed by atoms with Gasteiger partial charge in [0.15, 0.2) is 0 Å². The van der Waals surface area contributed by atoms with Gasteiger partial charge in [-0.2, -0.15) is 0 Å². The molecule has 0 atom stereocenters. The molecule has 0 bridgehead atoms. The van der Waals surface area contributed by atoms with Crippen molar-refractivity contribution in [3.05, 3.63) is 58.1 Å². The van der Waals surface area contributed by atoms with E-state index in [9.17, 15) is 23.3 Å². The first-order valence-corrected chi connectivity index (χ1v) is 12.7. The van der Waals surface area contributed by atoms with E-state index in [1.54, 1.807) is 35.2 Å². The van der Waals surface area contributed by atoms with Crippen LogP contribution in [0.4, 0.5) is 22.7 Å². The molecule has 0 saturated carbocycles. The van der Waals surface area contributed by atoms with Crippen LogP contribution in [0.15, 0.2) is 42.5 Å². The van der Waals surface area contributed by atoms with E-state index in [4.69, 9.17) is 0 Å². The van der Waals surface area contributed by atoms with Gasteiger partial charge in [-0.3, -0.25) is 19.6 Å². The molecule has 1 N–H and O–H groups in total. The van der Waals surface area contributed by atoms with Gasteiger partial charge in [0, 0.05) is 44.5 Å². The number of amides is 1. The van der Waals surface area contributed by atoms with Crippen molar-refractivity contribution < 1.29 is 18.1 Å². The number of piperazine rings is 1. The zero-order valence-electron chi connectivity index (χ0n) is 18.4. The third-order valence-corrected chi connectivity index (χ3v) is 6.61. The van der Waals surface area contributed by atoms with Crippen LogP contribution in [0.3, 0.4) is 0 Å². The average Bonchev–Trinajstić information content (AvgIpc) is 2.79. The summed E-state index contributed by atoms with van der Waals surface area (Å²) in [5.74, 6) is -0.00784. The summed E-state index contributed by atoms with van der Waals surface area (Å²) in [5, 5.41) is 11.3. The van der Waals surface area contributed by atoms with Crippen LogP contribution < -0.4 is 14.5 Å². The number of hydrogen-bond acceptors (Lipinski definition) is 7. The molecule has 1 amide bonds. The fourth-order valence-electron chi connectivity index (χ4n) is 4.51. The van der Waals surface area contributed by atoms with Gasteiger partial charge in [-0.05, 0) is 36.6 Å². The van der Waals surface area contributed by atoms with E-state index in [1.165, 1.54) is 6.07 Å². The van der Waals surface area contributed by atoms with Crippen LogP contribution in [-0.4, -0.2) is 69.7 Å². The second kappa shape index (κ2) is 9.26. The van der Waals surface area contributed by atoms with Gasteiger partial charge < -0.3 is 14.7 Å². The Hall–Kier alpha value is -3.34. The lowest BCUT2D eigenvalue weighted by Gasteiger charge is -2.38. The predicted octanol–water partition coefficient (Wildman–Crippen LogP) is 2.07. The number of nitrogens with one attached hydrogen (secondary N) is 1. The average molecular weight is 474 g/mol. The second-order valence-corrected chi connectivity index (χ2v) is 10.1. The Bertz CT molecular complexity index is 1160. The Kier molecular flexibility index (Phi) is 6.41. The summed E-state index contributed by atoms with van der Waals surface area (Å²) in [7, 11) is -3.40. The molecule has 0 aromatic heterocycles. The molecule has 4 rings (SSSR count). The highest BCUT2D eigenvalue weighted by Gasteiger charge is 2.28. The van der Waals surface area contributed by atoms with Crippen molar-refractivity contribution >= 4 is 38.7 Å². The number of nitrogens with zero attached hydrogens (tertiary/aromatic N) is 4. The maximum absolute atomic E-state index is 13.1. The number of carbonyl (C=O) groups excluding carboxylic acids is 1. The molecule has 0 spiro atoms. The van der Waals surface area contributed by atoms with E-state index in [0.29, 0.717) is 37.6 Å². The summed E-state index contributed by atoms with van der Waals surface area (Å²) in [6.07, 6.45) is 2.70. The number of anilines is 3. The van der Waals surface area contributed by atoms with E-state index >= 15 is 0 Å². The molecule has 1 saturated heterocycles. The first-order valence-electron chi connectivity index (χ1n) is 10.8. The van der Waals surface area contributed by atoms with Crippen molar-refractivity contribution in [2.45, 2.75) is 12.8 Å². The number of para-hydroxylation sites is 2. The van der Waals surface area contributed by atoms with Crippen molar-refractivity contribution in [2.75, 3.05) is 60.0 Å². The number of nitro benzene ring substituents is 1. The molecule has 176 valence electrons. The topological polar surface area (TPSA) is 116 Å². The molecule has 11 heteroatoms. The molecule has 0 aliphatic carbocycles. The lowest BCUT2D eigenvalue weighted by atomic mass is 10.00. The van der Waals surface area contributed by atoms with E-state index in [0.717, 1.165) is 36.9 Å². The number of nitro groups is 1. The number of hydrogen-bond donors (Lipinski definition) is 1. The van der Waals surface area contributed by atoms with Crippen LogP contribution in [0.2, 0.25) is 0 Å². The van der Waals surface area contributed by atoms with Crippen molar-refractivity contribution in [3.63, 3.8) is 0 Å². The van der Waals surface area contributed by atoms with Gasteiger partial charge in [0.05, 0.1) is 23.4 Å². The number of benzene rings is 2. The zero-order valence-corrected chi connectivity index (χ0v) is 19.3. The SMILES string of the molecule is CS(=O)(=O)Nc1cccc2c1CCCN2CC(=O)N1CCN(c2ccccc2[N+](=O)[O-])CC1. The number of fused-ring (bicyclic) bond motifs is 1. The molecule has 2 aliphatic rings. The van der Waals surface area contributed by atoms with Gasteiger partial charge in [0.2, 0.25) is 15.9 Å². The Morgan fingerprint density at radius 2 is 1.73 bits per heavy atom. The van der Waals surface area contributed by atoms with Gasteiger partial charge in [-0.1, -0.05) is 18.2 Å². The normalized spacial score (nSPS) is 16.3. The quantitative estimate of drug-likeness (QED) is 0.504. The van der Waals surface area contributed by atoms with Crippen LogP contribution in [0, 0.1) is 10.1 Å². The minimum absolute atomic E-state index is 0.00784. The Morgan fingerprint density at radius 3 is 2.42 bits per heavy atom. The van der Waals surface area contributed by atoms with Gasteiger partial charge >= 0.3 is 0 Å². The Labute approximate surface area is 193 Å². The summed E-state index contributed by atoms with van der Waals surface area (Å²) >= 11 is 0. The van der Waals surface area contributed by atoms with Crippen LogP contribution >= 0.6 is 0 Å². The van der Waals surface area contributed by atoms with Crippen LogP contribution in [0.5, 0.6) is 0 Å². The van der Waals surface area contributed by atoms with E-state index in [1.807, 2.05) is 15.9 Å². The molecule has 1 fully saturated rings. The van der Waals surface area contributed by atoms with E-state index in [2.05, 4.69) is 4.72 Å². The van der Waals surface area contributed by atoms with Crippen molar-refractivity contribution in [3.8, 4) is 0 Å². The summed E-state index contributed by atoms with van der Waals surface area (Å²) < 4.78 is 26.0. The highest BCUT2D eigenvalue weighted by Crippen LogP contribution is 2.33. The highest BCUT2D eigenvalue weighted by molar-refractivity contribution is 7.92. The number of carbonyl (C=O) groups is 1.